The van der Waals surface area contributed by atoms with Gasteiger partial charge in [0.15, 0.2) is 0 Å². The summed E-state index contributed by atoms with van der Waals surface area (Å²) < 4.78 is 0. The maximum absolute atomic E-state index is 4.68. The second-order valence-electron chi connectivity index (χ2n) is 5.47. The van der Waals surface area contributed by atoms with Gasteiger partial charge in [-0.25, -0.2) is 4.98 Å². The van der Waals surface area contributed by atoms with Gasteiger partial charge in [0, 0.05) is 28.0 Å². The van der Waals surface area contributed by atoms with Crippen LogP contribution in [0.4, 0.5) is 0 Å². The number of hydrogen-bond donors (Lipinski definition) is 1. The predicted molar refractivity (Wildman–Crippen MR) is 94.3 cm³/mol. The van der Waals surface area contributed by atoms with Crippen LogP contribution in [0.15, 0.2) is 34.5 Å². The Morgan fingerprint density at radius 3 is 2.48 bits per heavy atom. The Labute approximate surface area is 136 Å². The van der Waals surface area contributed by atoms with Crippen molar-refractivity contribution in [2.24, 2.45) is 0 Å². The van der Waals surface area contributed by atoms with Crippen molar-refractivity contribution >= 4 is 23.1 Å². The molecule has 1 N–H and O–H groups in total. The zero-order valence-electron chi connectivity index (χ0n) is 13.2. The molecule has 0 saturated heterocycles. The molecule has 21 heavy (non-hydrogen) atoms. The number of nitrogens with one attached hydrogen (secondary N) is 1. The highest BCUT2D eigenvalue weighted by Crippen LogP contribution is 2.27. The Bertz CT molecular complexity index is 546. The van der Waals surface area contributed by atoms with Gasteiger partial charge >= 0.3 is 0 Å². The highest BCUT2D eigenvalue weighted by molar-refractivity contribution is 7.98. The molecule has 0 aliphatic heterocycles. The second-order valence-corrected chi connectivity index (χ2v) is 7.41. The van der Waals surface area contributed by atoms with Gasteiger partial charge in [-0.1, -0.05) is 32.9 Å². The number of rotatable bonds is 7. The molecule has 2 nitrogen and oxygen atoms in total. The van der Waals surface area contributed by atoms with E-state index in [4.69, 9.17) is 0 Å². The van der Waals surface area contributed by atoms with Gasteiger partial charge in [-0.15, -0.1) is 23.1 Å². The van der Waals surface area contributed by atoms with Crippen LogP contribution in [0.5, 0.6) is 0 Å². The summed E-state index contributed by atoms with van der Waals surface area (Å²) in [6, 6.07) is 9.28. The first-order valence-electron chi connectivity index (χ1n) is 7.50. The SMILES string of the molecule is CCNC(C)c1ccc(SCc2csc(C(C)C)n2)cc1. The fraction of sp³-hybridized carbons (Fsp3) is 0.471. The van der Waals surface area contributed by atoms with Crippen molar-refractivity contribution in [1.29, 1.82) is 0 Å². The summed E-state index contributed by atoms with van der Waals surface area (Å²) in [5.41, 5.74) is 2.54. The highest BCUT2D eigenvalue weighted by atomic mass is 32.2. The Morgan fingerprint density at radius 2 is 1.90 bits per heavy atom. The molecular formula is C17H24N2S2. The third-order valence-electron chi connectivity index (χ3n) is 3.34. The topological polar surface area (TPSA) is 24.9 Å². The van der Waals surface area contributed by atoms with Crippen molar-refractivity contribution in [3.63, 3.8) is 0 Å². The van der Waals surface area contributed by atoms with Crippen molar-refractivity contribution in [1.82, 2.24) is 10.3 Å². The molecule has 1 atom stereocenters. The molecule has 0 spiro atoms. The van der Waals surface area contributed by atoms with E-state index < -0.39 is 0 Å². The molecule has 1 aromatic carbocycles. The van der Waals surface area contributed by atoms with Crippen LogP contribution in [0.1, 0.15) is 55.9 Å². The smallest absolute Gasteiger partial charge is 0.0954 e. The highest BCUT2D eigenvalue weighted by Gasteiger charge is 2.07. The molecule has 1 aromatic heterocycles. The van der Waals surface area contributed by atoms with E-state index in [2.05, 4.69) is 67.6 Å². The fourth-order valence-corrected chi connectivity index (χ4v) is 3.82. The summed E-state index contributed by atoms with van der Waals surface area (Å²) in [6.07, 6.45) is 0. The van der Waals surface area contributed by atoms with Crippen LogP contribution in [0.2, 0.25) is 0 Å². The predicted octanol–water partition coefficient (Wildman–Crippen LogP) is 5.23. The van der Waals surface area contributed by atoms with E-state index in [1.54, 1.807) is 11.3 Å². The molecule has 2 aromatic rings. The summed E-state index contributed by atoms with van der Waals surface area (Å²) in [5.74, 6) is 1.48. The normalized spacial score (nSPS) is 12.8. The molecule has 1 heterocycles. The van der Waals surface area contributed by atoms with Crippen molar-refractivity contribution in [2.45, 2.75) is 50.3 Å². The molecular weight excluding hydrogens is 296 g/mol. The van der Waals surface area contributed by atoms with Crippen LogP contribution in [-0.4, -0.2) is 11.5 Å². The van der Waals surface area contributed by atoms with Gasteiger partial charge in [0.1, 0.15) is 0 Å². The van der Waals surface area contributed by atoms with Crippen LogP contribution in [0.3, 0.4) is 0 Å². The Hall–Kier alpha value is -0.840. The van der Waals surface area contributed by atoms with Gasteiger partial charge in [0.05, 0.1) is 10.7 Å². The van der Waals surface area contributed by atoms with Crippen molar-refractivity contribution in [3.8, 4) is 0 Å². The first kappa shape index (κ1) is 16.5. The molecule has 0 radical (unpaired) electrons. The van der Waals surface area contributed by atoms with Gasteiger partial charge in [-0.05, 0) is 31.2 Å². The largest absolute Gasteiger partial charge is 0.310 e. The molecule has 4 heteroatoms. The van der Waals surface area contributed by atoms with E-state index in [1.807, 2.05) is 11.8 Å². The standard InChI is InChI=1S/C17H24N2S2/c1-5-18-13(4)14-6-8-16(9-7-14)20-10-15-11-21-17(19-15)12(2)3/h6-9,11-13,18H,5,10H2,1-4H3. The van der Waals surface area contributed by atoms with Gasteiger partial charge < -0.3 is 5.32 Å². The van der Waals surface area contributed by atoms with Crippen LogP contribution in [0, 0.1) is 0 Å². The third-order valence-corrected chi connectivity index (χ3v) is 5.58. The van der Waals surface area contributed by atoms with Gasteiger partial charge in [0.25, 0.3) is 0 Å². The molecule has 0 bridgehead atoms. The summed E-state index contributed by atoms with van der Waals surface area (Å²) >= 11 is 3.63. The summed E-state index contributed by atoms with van der Waals surface area (Å²) in [4.78, 5) is 5.99. The molecule has 114 valence electrons. The monoisotopic (exact) mass is 320 g/mol. The van der Waals surface area contributed by atoms with Crippen LogP contribution in [-0.2, 0) is 5.75 Å². The maximum atomic E-state index is 4.68. The zero-order valence-corrected chi connectivity index (χ0v) is 14.9. The summed E-state index contributed by atoms with van der Waals surface area (Å²) in [5, 5.41) is 6.86. The van der Waals surface area contributed by atoms with Crippen LogP contribution < -0.4 is 5.32 Å². The first-order chi connectivity index (χ1) is 10.1. The van der Waals surface area contributed by atoms with Crippen molar-refractivity contribution < 1.29 is 0 Å². The van der Waals surface area contributed by atoms with Gasteiger partial charge in [-0.2, -0.15) is 0 Å². The van der Waals surface area contributed by atoms with E-state index in [9.17, 15) is 0 Å². The molecule has 0 aliphatic carbocycles. The number of benzene rings is 1. The zero-order chi connectivity index (χ0) is 15.2. The van der Waals surface area contributed by atoms with Gasteiger partial charge in [-0.3, -0.25) is 0 Å². The lowest BCUT2D eigenvalue weighted by Crippen LogP contribution is -2.17. The number of thiazole rings is 1. The van der Waals surface area contributed by atoms with E-state index >= 15 is 0 Å². The molecule has 0 saturated carbocycles. The lowest BCUT2D eigenvalue weighted by molar-refractivity contribution is 0.598. The lowest BCUT2D eigenvalue weighted by atomic mass is 10.1. The first-order valence-corrected chi connectivity index (χ1v) is 9.37. The number of thioether (sulfide) groups is 1. The minimum Gasteiger partial charge on any atom is -0.310 e. The Balaban J connectivity index is 1.91. The van der Waals surface area contributed by atoms with Gasteiger partial charge in [0.2, 0.25) is 0 Å². The Morgan fingerprint density at radius 1 is 1.19 bits per heavy atom. The van der Waals surface area contributed by atoms with E-state index in [1.165, 1.54) is 21.2 Å². The second kappa shape index (κ2) is 7.97. The molecule has 0 fully saturated rings. The quantitative estimate of drug-likeness (QED) is 0.707. The van der Waals surface area contributed by atoms with Crippen molar-refractivity contribution in [2.75, 3.05) is 6.54 Å². The van der Waals surface area contributed by atoms with E-state index in [-0.39, 0.29) is 0 Å². The Kier molecular flexibility index (Phi) is 6.27. The average molecular weight is 321 g/mol. The average Bonchev–Trinajstić information content (AvgIpc) is 2.95. The fourth-order valence-electron chi connectivity index (χ4n) is 2.09. The minimum absolute atomic E-state index is 0.418. The number of hydrogen-bond acceptors (Lipinski definition) is 4. The van der Waals surface area contributed by atoms with E-state index in [0.717, 1.165) is 12.3 Å². The molecule has 0 amide bonds. The van der Waals surface area contributed by atoms with E-state index in [0.29, 0.717) is 12.0 Å². The van der Waals surface area contributed by atoms with Crippen molar-refractivity contribution in [3.05, 3.63) is 45.9 Å². The van der Waals surface area contributed by atoms with Crippen LogP contribution >= 0.6 is 23.1 Å². The lowest BCUT2D eigenvalue weighted by Gasteiger charge is -2.12. The number of nitrogens with zero attached hydrogens (tertiary/aromatic N) is 1. The summed E-state index contributed by atoms with van der Waals surface area (Å²) in [7, 11) is 0. The molecule has 0 aliphatic rings. The molecule has 2 rings (SSSR count). The third kappa shape index (κ3) is 4.83. The maximum Gasteiger partial charge on any atom is 0.0954 e. The molecule has 1 unspecified atom stereocenters. The van der Waals surface area contributed by atoms with Crippen LogP contribution in [0.25, 0.3) is 0 Å². The summed E-state index contributed by atoms with van der Waals surface area (Å²) in [6.45, 7) is 9.73. The number of aromatic nitrogens is 1. The minimum atomic E-state index is 0.418.